The highest BCUT2D eigenvalue weighted by atomic mass is 35.5. The van der Waals surface area contributed by atoms with Gasteiger partial charge in [-0.1, -0.05) is 11.6 Å². The van der Waals surface area contributed by atoms with E-state index in [-0.39, 0.29) is 23.1 Å². The lowest BCUT2D eigenvalue weighted by Gasteiger charge is -2.30. The van der Waals surface area contributed by atoms with E-state index in [0.29, 0.717) is 16.5 Å². The molecule has 1 atom stereocenters. The Morgan fingerprint density at radius 3 is 2.63 bits per heavy atom. The summed E-state index contributed by atoms with van der Waals surface area (Å²) in [5.74, 6) is 0.417. The van der Waals surface area contributed by atoms with Crippen LogP contribution in [0.25, 0.3) is 10.9 Å². The number of nitrogens with one attached hydrogen (secondary N) is 1. The Bertz CT molecular complexity index is 1120. The van der Waals surface area contributed by atoms with Crippen LogP contribution in [-0.2, 0) is 4.79 Å². The molecular weight excluding hydrogens is 399 g/mol. The molecule has 0 bridgehead atoms. The van der Waals surface area contributed by atoms with Crippen LogP contribution >= 0.6 is 11.6 Å². The van der Waals surface area contributed by atoms with Gasteiger partial charge in [-0.25, -0.2) is 4.39 Å². The lowest BCUT2D eigenvalue weighted by atomic mass is 9.75. The van der Waals surface area contributed by atoms with Crippen LogP contribution < -0.4 is 5.32 Å². The summed E-state index contributed by atoms with van der Waals surface area (Å²) in [4.78, 5) is 17.2. The summed E-state index contributed by atoms with van der Waals surface area (Å²) in [5.41, 5.74) is 3.61. The first-order valence-corrected chi connectivity index (χ1v) is 10.9. The number of fused-ring (bicyclic) bond motifs is 1. The third-order valence-electron chi connectivity index (χ3n) is 7.09. The van der Waals surface area contributed by atoms with Crippen molar-refractivity contribution in [2.24, 2.45) is 11.3 Å². The summed E-state index contributed by atoms with van der Waals surface area (Å²) >= 11 is 5.92. The zero-order valence-electron chi connectivity index (χ0n) is 16.9. The number of carbonyl (C=O) groups excluding carboxylic acids is 1. The number of carbonyl (C=O) groups is 1. The van der Waals surface area contributed by atoms with Crippen LogP contribution in [0.5, 0.6) is 0 Å². The second-order valence-electron chi connectivity index (χ2n) is 8.91. The van der Waals surface area contributed by atoms with Gasteiger partial charge in [-0.15, -0.1) is 0 Å². The highest BCUT2D eigenvalue weighted by molar-refractivity contribution is 6.30. The quantitative estimate of drug-likeness (QED) is 0.514. The van der Waals surface area contributed by atoms with E-state index in [0.717, 1.165) is 48.7 Å². The number of benzene rings is 2. The van der Waals surface area contributed by atoms with Crippen molar-refractivity contribution in [2.75, 3.05) is 5.32 Å². The van der Waals surface area contributed by atoms with Crippen LogP contribution in [0.2, 0.25) is 5.02 Å². The van der Waals surface area contributed by atoms with Gasteiger partial charge in [0, 0.05) is 28.2 Å². The molecule has 0 unspecified atom stereocenters. The van der Waals surface area contributed by atoms with E-state index in [1.807, 2.05) is 30.5 Å². The lowest BCUT2D eigenvalue weighted by molar-refractivity contribution is -0.118. The summed E-state index contributed by atoms with van der Waals surface area (Å²) in [6, 6.07) is 12.7. The fourth-order valence-corrected chi connectivity index (χ4v) is 5.31. The molecule has 0 aliphatic heterocycles. The number of halogens is 2. The standard InChI is InChI=1S/C25H24ClFN2O/c1-15-12-23-20(13-22(15)27)19(8-11-28-23)16-6-9-25(10-7-16)14-21(25)24(30)29-18-4-2-17(26)3-5-18/h2-5,8,11-13,16,21H,6-7,9-10,14H2,1H3,(H,29,30)/t16-,21-,25+/m1/s1. The molecule has 2 aliphatic rings. The Morgan fingerprint density at radius 1 is 1.17 bits per heavy atom. The second-order valence-corrected chi connectivity index (χ2v) is 9.34. The Kier molecular flexibility index (Phi) is 4.78. The minimum absolute atomic E-state index is 0.0865. The fraction of sp³-hybridized carbons (Fsp3) is 0.360. The van der Waals surface area contributed by atoms with Crippen molar-refractivity contribution in [3.8, 4) is 0 Å². The Labute approximate surface area is 180 Å². The van der Waals surface area contributed by atoms with Crippen molar-refractivity contribution in [3.63, 3.8) is 0 Å². The molecule has 0 radical (unpaired) electrons. The molecule has 2 aliphatic carbocycles. The number of anilines is 1. The molecule has 1 N–H and O–H groups in total. The number of pyridine rings is 1. The number of hydrogen-bond donors (Lipinski definition) is 1. The van der Waals surface area contributed by atoms with E-state index in [1.54, 1.807) is 25.1 Å². The number of rotatable bonds is 3. The maximum absolute atomic E-state index is 14.2. The van der Waals surface area contributed by atoms with Gasteiger partial charge < -0.3 is 5.32 Å². The zero-order chi connectivity index (χ0) is 20.9. The molecule has 0 saturated heterocycles. The van der Waals surface area contributed by atoms with Crippen molar-refractivity contribution < 1.29 is 9.18 Å². The van der Waals surface area contributed by atoms with E-state index < -0.39 is 0 Å². The maximum atomic E-state index is 14.2. The minimum atomic E-state index is -0.176. The molecular formula is C25H24ClFN2O. The van der Waals surface area contributed by atoms with E-state index in [4.69, 9.17) is 11.6 Å². The smallest absolute Gasteiger partial charge is 0.228 e. The average molecular weight is 423 g/mol. The van der Waals surface area contributed by atoms with Crippen molar-refractivity contribution in [1.29, 1.82) is 0 Å². The van der Waals surface area contributed by atoms with Gasteiger partial charge in [-0.05, 0) is 104 Å². The minimum Gasteiger partial charge on any atom is -0.326 e. The van der Waals surface area contributed by atoms with E-state index in [2.05, 4.69) is 10.3 Å². The monoisotopic (exact) mass is 422 g/mol. The number of hydrogen-bond acceptors (Lipinski definition) is 2. The third kappa shape index (κ3) is 3.47. The third-order valence-corrected chi connectivity index (χ3v) is 7.35. The highest BCUT2D eigenvalue weighted by Gasteiger charge is 2.58. The first kappa shape index (κ1) is 19.5. The summed E-state index contributed by atoms with van der Waals surface area (Å²) in [5, 5.41) is 4.62. The normalized spacial score (nSPS) is 25.4. The first-order chi connectivity index (χ1) is 14.4. The summed E-state index contributed by atoms with van der Waals surface area (Å²) in [6.07, 6.45) is 6.92. The van der Waals surface area contributed by atoms with Crippen LogP contribution in [0, 0.1) is 24.1 Å². The molecule has 2 fully saturated rings. The number of aryl methyl sites for hydroxylation is 1. The van der Waals surface area contributed by atoms with E-state index >= 15 is 0 Å². The van der Waals surface area contributed by atoms with Crippen LogP contribution in [-0.4, -0.2) is 10.9 Å². The first-order valence-electron chi connectivity index (χ1n) is 10.6. The van der Waals surface area contributed by atoms with E-state index in [1.165, 1.54) is 5.56 Å². The largest absolute Gasteiger partial charge is 0.326 e. The van der Waals surface area contributed by atoms with Gasteiger partial charge in [-0.2, -0.15) is 0 Å². The molecule has 1 amide bonds. The summed E-state index contributed by atoms with van der Waals surface area (Å²) in [6.45, 7) is 1.77. The predicted molar refractivity (Wildman–Crippen MR) is 118 cm³/mol. The Balaban J connectivity index is 1.27. The van der Waals surface area contributed by atoms with Crippen molar-refractivity contribution >= 4 is 34.1 Å². The molecule has 30 heavy (non-hydrogen) atoms. The Hall–Kier alpha value is -2.46. The van der Waals surface area contributed by atoms with Crippen LogP contribution in [0.3, 0.4) is 0 Å². The molecule has 154 valence electrons. The molecule has 5 rings (SSSR count). The number of aromatic nitrogens is 1. The predicted octanol–water partition coefficient (Wildman–Crippen LogP) is 6.64. The molecule has 1 heterocycles. The highest BCUT2D eigenvalue weighted by Crippen LogP contribution is 2.63. The average Bonchev–Trinajstić information content (AvgIpc) is 3.44. The number of amides is 1. The van der Waals surface area contributed by atoms with Crippen molar-refractivity contribution in [3.05, 3.63) is 70.6 Å². The van der Waals surface area contributed by atoms with Crippen molar-refractivity contribution in [2.45, 2.75) is 44.9 Å². The lowest BCUT2D eigenvalue weighted by Crippen LogP contribution is -2.22. The molecule has 3 nitrogen and oxygen atoms in total. The number of nitrogens with zero attached hydrogens (tertiary/aromatic N) is 1. The van der Waals surface area contributed by atoms with Crippen LogP contribution in [0.4, 0.5) is 10.1 Å². The van der Waals surface area contributed by atoms with Gasteiger partial charge in [0.25, 0.3) is 0 Å². The van der Waals surface area contributed by atoms with Gasteiger partial charge in [-0.3, -0.25) is 9.78 Å². The maximum Gasteiger partial charge on any atom is 0.228 e. The molecule has 1 aromatic heterocycles. The van der Waals surface area contributed by atoms with Gasteiger partial charge >= 0.3 is 0 Å². The molecule has 3 aromatic rings. The Morgan fingerprint density at radius 2 is 1.90 bits per heavy atom. The SMILES string of the molecule is Cc1cc2nccc([C@H]3CC[C@@]4(CC3)C[C@@H]4C(=O)Nc3ccc(Cl)cc3)c2cc1F. The van der Waals surface area contributed by atoms with Crippen LogP contribution in [0.15, 0.2) is 48.7 Å². The van der Waals surface area contributed by atoms with Gasteiger partial charge in [0.1, 0.15) is 5.82 Å². The van der Waals surface area contributed by atoms with Crippen LogP contribution in [0.1, 0.15) is 49.1 Å². The molecule has 2 saturated carbocycles. The molecule has 1 spiro atoms. The van der Waals surface area contributed by atoms with Crippen molar-refractivity contribution in [1.82, 2.24) is 4.98 Å². The second kappa shape index (κ2) is 7.35. The van der Waals surface area contributed by atoms with Gasteiger partial charge in [0.2, 0.25) is 5.91 Å². The van der Waals surface area contributed by atoms with Gasteiger partial charge in [0.05, 0.1) is 5.52 Å². The summed E-state index contributed by atoms with van der Waals surface area (Å²) in [7, 11) is 0. The fourth-order valence-electron chi connectivity index (χ4n) is 5.19. The molecule has 5 heteroatoms. The van der Waals surface area contributed by atoms with Gasteiger partial charge in [0.15, 0.2) is 0 Å². The zero-order valence-corrected chi connectivity index (χ0v) is 17.7. The summed E-state index contributed by atoms with van der Waals surface area (Å²) < 4.78 is 14.2. The molecule has 2 aromatic carbocycles. The topological polar surface area (TPSA) is 42.0 Å². The van der Waals surface area contributed by atoms with E-state index in [9.17, 15) is 9.18 Å².